The van der Waals surface area contributed by atoms with Crippen LogP contribution in [0, 0.1) is 0 Å². The number of anilines is 1. The Kier molecular flexibility index (Phi) is 6.11. The summed E-state index contributed by atoms with van der Waals surface area (Å²) >= 11 is 0. The number of carbonyl (C=O) groups excluding carboxylic acids is 1. The third-order valence-electron chi connectivity index (χ3n) is 6.88. The van der Waals surface area contributed by atoms with E-state index in [2.05, 4.69) is 27.3 Å². The highest BCUT2D eigenvalue weighted by Gasteiger charge is 2.36. The molecule has 1 aliphatic carbocycles. The first-order chi connectivity index (χ1) is 16.1. The fourth-order valence-electron chi connectivity index (χ4n) is 5.14. The van der Waals surface area contributed by atoms with Crippen LogP contribution in [0.4, 0.5) is 5.95 Å². The van der Waals surface area contributed by atoms with Crippen LogP contribution in [0.3, 0.4) is 0 Å². The maximum absolute atomic E-state index is 13.8. The number of amides is 1. The molecule has 1 saturated heterocycles. The number of fused-ring (bicyclic) bond motifs is 1. The summed E-state index contributed by atoms with van der Waals surface area (Å²) in [5.41, 5.74) is 5.87. The van der Waals surface area contributed by atoms with Crippen molar-refractivity contribution in [3.63, 3.8) is 0 Å². The Morgan fingerprint density at radius 2 is 1.85 bits per heavy atom. The number of carbonyl (C=O) groups is 1. The first-order valence-electron chi connectivity index (χ1n) is 12.1. The second-order valence-electron chi connectivity index (χ2n) is 9.33. The smallest absolute Gasteiger partial charge is 0.275 e. The largest absolute Gasteiger partial charge is 0.347 e. The minimum Gasteiger partial charge on any atom is -0.347 e. The highest BCUT2D eigenvalue weighted by atomic mass is 16.2. The first-order valence-corrected chi connectivity index (χ1v) is 12.1. The van der Waals surface area contributed by atoms with E-state index in [0.29, 0.717) is 11.6 Å². The molecule has 0 unspecified atom stereocenters. The van der Waals surface area contributed by atoms with Crippen molar-refractivity contribution in [2.24, 2.45) is 0 Å². The van der Waals surface area contributed by atoms with Crippen molar-refractivity contribution < 1.29 is 4.79 Å². The number of aromatic amines is 1. The molecule has 7 heteroatoms. The minimum absolute atomic E-state index is 0.0274. The molecule has 3 aromatic rings. The lowest BCUT2D eigenvalue weighted by molar-refractivity contribution is 0.0726. The lowest BCUT2D eigenvalue weighted by Crippen LogP contribution is -2.32. The van der Waals surface area contributed by atoms with Gasteiger partial charge in [-0.25, -0.2) is 9.97 Å². The minimum atomic E-state index is -0.0877. The molecule has 1 fully saturated rings. The second kappa shape index (κ2) is 9.33. The summed E-state index contributed by atoms with van der Waals surface area (Å²) in [7, 11) is 3.89. The van der Waals surface area contributed by atoms with E-state index in [1.54, 1.807) is 0 Å². The standard InChI is InChI=1S/C26H32N6O/c1-31(2)26-27-17-20(18-11-6-5-7-12-18)23(28-26)22-15-10-16-32(22)25(33)24-19-13-8-3-4-9-14-21(19)29-30-24/h5-7,11-12,17,22H,3-4,8-10,13-16H2,1-2H3,(H,29,30)/t22-/m1/s1. The molecule has 1 N–H and O–H groups in total. The van der Waals surface area contributed by atoms with E-state index in [1.807, 2.05) is 48.3 Å². The Hall–Kier alpha value is -3.22. The van der Waals surface area contributed by atoms with Crippen molar-refractivity contribution in [3.05, 3.63) is 59.2 Å². The number of rotatable bonds is 4. The summed E-state index contributed by atoms with van der Waals surface area (Å²) < 4.78 is 0. The van der Waals surface area contributed by atoms with Crippen LogP contribution in [-0.2, 0) is 12.8 Å². The fraction of sp³-hybridized carbons (Fsp3) is 0.462. The van der Waals surface area contributed by atoms with Gasteiger partial charge in [-0.05, 0) is 44.1 Å². The topological polar surface area (TPSA) is 78.0 Å². The third kappa shape index (κ3) is 4.24. The van der Waals surface area contributed by atoms with Gasteiger partial charge >= 0.3 is 0 Å². The van der Waals surface area contributed by atoms with E-state index >= 15 is 0 Å². The van der Waals surface area contributed by atoms with Crippen LogP contribution < -0.4 is 4.90 Å². The number of nitrogens with one attached hydrogen (secondary N) is 1. The molecule has 0 spiro atoms. The van der Waals surface area contributed by atoms with Crippen molar-refractivity contribution in [2.45, 2.75) is 57.4 Å². The van der Waals surface area contributed by atoms with Gasteiger partial charge in [0.15, 0.2) is 5.69 Å². The van der Waals surface area contributed by atoms with E-state index in [0.717, 1.165) is 73.1 Å². The monoisotopic (exact) mass is 444 g/mol. The molecule has 0 bridgehead atoms. The van der Waals surface area contributed by atoms with E-state index in [-0.39, 0.29) is 11.9 Å². The molecule has 2 aromatic heterocycles. The molecule has 1 amide bonds. The third-order valence-corrected chi connectivity index (χ3v) is 6.88. The predicted molar refractivity (Wildman–Crippen MR) is 129 cm³/mol. The molecule has 33 heavy (non-hydrogen) atoms. The van der Waals surface area contributed by atoms with Gasteiger partial charge in [0.2, 0.25) is 5.95 Å². The number of nitrogens with zero attached hydrogens (tertiary/aromatic N) is 5. The van der Waals surface area contributed by atoms with Gasteiger partial charge < -0.3 is 9.80 Å². The van der Waals surface area contributed by atoms with Crippen LogP contribution in [0.15, 0.2) is 36.5 Å². The van der Waals surface area contributed by atoms with Crippen LogP contribution in [0.1, 0.15) is 72.0 Å². The van der Waals surface area contributed by atoms with Crippen molar-refractivity contribution in [2.75, 3.05) is 25.5 Å². The molecular formula is C26H32N6O. The van der Waals surface area contributed by atoms with Gasteiger partial charge in [0.1, 0.15) is 0 Å². The Bertz CT molecular complexity index is 1120. The maximum atomic E-state index is 13.8. The Morgan fingerprint density at radius 3 is 2.64 bits per heavy atom. The SMILES string of the molecule is CN(C)c1ncc(-c2ccccc2)c([C@H]2CCCN2C(=O)c2n[nH]c3c2CCCCCC3)n1. The fourth-order valence-corrected chi connectivity index (χ4v) is 5.14. The number of H-pyrrole nitrogens is 1. The summed E-state index contributed by atoms with van der Waals surface area (Å²) in [5.74, 6) is 0.688. The Balaban J connectivity index is 1.53. The number of aryl methyl sites for hydroxylation is 1. The van der Waals surface area contributed by atoms with Crippen LogP contribution in [-0.4, -0.2) is 51.6 Å². The molecule has 1 aromatic carbocycles. The number of hydrogen-bond acceptors (Lipinski definition) is 5. The number of benzene rings is 1. The summed E-state index contributed by atoms with van der Waals surface area (Å²) in [5, 5.41) is 7.71. The average molecular weight is 445 g/mol. The number of aromatic nitrogens is 4. The lowest BCUT2D eigenvalue weighted by atomic mass is 9.96. The van der Waals surface area contributed by atoms with Gasteiger partial charge in [0, 0.05) is 43.7 Å². The van der Waals surface area contributed by atoms with Gasteiger partial charge in [0.25, 0.3) is 5.91 Å². The summed E-state index contributed by atoms with van der Waals surface area (Å²) in [6.45, 7) is 0.723. The van der Waals surface area contributed by atoms with E-state index in [1.165, 1.54) is 12.8 Å². The first kappa shape index (κ1) is 21.6. The van der Waals surface area contributed by atoms with Crippen LogP contribution >= 0.6 is 0 Å². The molecular weight excluding hydrogens is 412 g/mol. The number of hydrogen-bond donors (Lipinski definition) is 1. The lowest BCUT2D eigenvalue weighted by Gasteiger charge is -2.26. The maximum Gasteiger partial charge on any atom is 0.275 e. The molecule has 172 valence electrons. The average Bonchev–Trinajstić information content (AvgIpc) is 3.46. The van der Waals surface area contributed by atoms with Crippen molar-refractivity contribution in [1.29, 1.82) is 0 Å². The van der Waals surface area contributed by atoms with Gasteiger partial charge in [-0.15, -0.1) is 0 Å². The summed E-state index contributed by atoms with van der Waals surface area (Å²) in [4.78, 5) is 27.2. The van der Waals surface area contributed by atoms with Gasteiger partial charge in [-0.1, -0.05) is 43.2 Å². The Morgan fingerprint density at radius 1 is 1.06 bits per heavy atom. The highest BCUT2D eigenvalue weighted by Crippen LogP contribution is 2.38. The van der Waals surface area contributed by atoms with Crippen molar-refractivity contribution >= 4 is 11.9 Å². The molecule has 2 aliphatic rings. The van der Waals surface area contributed by atoms with E-state index in [9.17, 15) is 4.79 Å². The molecule has 5 rings (SSSR count). The van der Waals surface area contributed by atoms with Crippen molar-refractivity contribution in [1.82, 2.24) is 25.1 Å². The zero-order valence-corrected chi connectivity index (χ0v) is 19.5. The van der Waals surface area contributed by atoms with Gasteiger partial charge in [0.05, 0.1) is 11.7 Å². The number of likely N-dealkylation sites (tertiary alicyclic amines) is 1. The highest BCUT2D eigenvalue weighted by molar-refractivity contribution is 5.94. The molecule has 3 heterocycles. The van der Waals surface area contributed by atoms with E-state index < -0.39 is 0 Å². The van der Waals surface area contributed by atoms with E-state index in [4.69, 9.17) is 4.98 Å². The molecule has 0 radical (unpaired) electrons. The normalized spacial score (nSPS) is 18.5. The van der Waals surface area contributed by atoms with Crippen LogP contribution in [0.5, 0.6) is 0 Å². The summed E-state index contributed by atoms with van der Waals surface area (Å²) in [6, 6.07) is 10.1. The van der Waals surface area contributed by atoms with Gasteiger partial charge in [-0.3, -0.25) is 9.89 Å². The second-order valence-corrected chi connectivity index (χ2v) is 9.33. The summed E-state index contributed by atoms with van der Waals surface area (Å²) in [6.07, 6.45) is 10.4. The zero-order valence-electron chi connectivity index (χ0n) is 19.5. The quantitative estimate of drug-likeness (QED) is 0.638. The molecule has 0 saturated carbocycles. The van der Waals surface area contributed by atoms with Gasteiger partial charge in [-0.2, -0.15) is 5.10 Å². The molecule has 1 atom stereocenters. The zero-order chi connectivity index (χ0) is 22.8. The molecule has 1 aliphatic heterocycles. The van der Waals surface area contributed by atoms with Crippen molar-refractivity contribution in [3.8, 4) is 11.1 Å². The van der Waals surface area contributed by atoms with Crippen LogP contribution in [0.25, 0.3) is 11.1 Å². The Labute approximate surface area is 195 Å². The molecule has 7 nitrogen and oxygen atoms in total. The predicted octanol–water partition coefficient (Wildman–Crippen LogP) is 4.57. The van der Waals surface area contributed by atoms with Crippen LogP contribution in [0.2, 0.25) is 0 Å².